The van der Waals surface area contributed by atoms with E-state index < -0.39 is 15.8 Å². The molecule has 0 unspecified atom stereocenters. The summed E-state index contributed by atoms with van der Waals surface area (Å²) < 4.78 is 46.8. The van der Waals surface area contributed by atoms with Gasteiger partial charge in [-0.05, 0) is 71.8 Å². The van der Waals surface area contributed by atoms with Gasteiger partial charge in [-0.2, -0.15) is 0 Å². The number of sulfonamides is 1. The predicted octanol–water partition coefficient (Wildman–Crippen LogP) is 4.42. The van der Waals surface area contributed by atoms with Crippen LogP contribution in [0.5, 0.6) is 11.5 Å². The first-order valence-electron chi connectivity index (χ1n) is 10.7. The third-order valence-corrected chi connectivity index (χ3v) is 6.40. The van der Waals surface area contributed by atoms with Gasteiger partial charge in [0.15, 0.2) is 0 Å². The van der Waals surface area contributed by atoms with E-state index in [2.05, 4.69) is 15.0 Å². The number of aromatic nitrogens is 1. The van der Waals surface area contributed by atoms with Gasteiger partial charge in [0, 0.05) is 24.8 Å². The summed E-state index contributed by atoms with van der Waals surface area (Å²) in [5.41, 5.74) is 1.56. The molecule has 9 heteroatoms. The zero-order valence-electron chi connectivity index (χ0n) is 18.5. The van der Waals surface area contributed by atoms with E-state index in [1.54, 1.807) is 67.0 Å². The lowest BCUT2D eigenvalue weighted by Crippen LogP contribution is -2.24. The normalized spacial score (nSPS) is 11.1. The fraction of sp³-hybridized carbons (Fsp3) is 0.0769. The van der Waals surface area contributed by atoms with Crippen LogP contribution in [0, 0.1) is 5.82 Å². The Morgan fingerprint density at radius 2 is 1.60 bits per heavy atom. The Bertz CT molecular complexity index is 1410. The lowest BCUT2D eigenvalue weighted by atomic mass is 10.2. The van der Waals surface area contributed by atoms with Crippen LogP contribution in [0.3, 0.4) is 0 Å². The van der Waals surface area contributed by atoms with Crippen molar-refractivity contribution in [1.29, 1.82) is 0 Å². The highest BCUT2D eigenvalue weighted by atomic mass is 32.2. The number of amides is 1. The molecule has 2 N–H and O–H groups in total. The molecule has 7 nitrogen and oxygen atoms in total. The van der Waals surface area contributed by atoms with Crippen LogP contribution in [0.15, 0.2) is 102 Å². The largest absolute Gasteiger partial charge is 0.456 e. The maximum atomic E-state index is 13.3. The van der Waals surface area contributed by atoms with Crippen molar-refractivity contribution in [3.8, 4) is 11.5 Å². The number of hydrogen-bond acceptors (Lipinski definition) is 5. The van der Waals surface area contributed by atoms with E-state index in [4.69, 9.17) is 4.74 Å². The first kappa shape index (κ1) is 24.1. The van der Waals surface area contributed by atoms with Crippen molar-refractivity contribution in [3.63, 3.8) is 0 Å². The first-order valence-corrected chi connectivity index (χ1v) is 12.2. The molecule has 1 amide bonds. The molecule has 0 saturated heterocycles. The van der Waals surface area contributed by atoms with Gasteiger partial charge in [-0.25, -0.2) is 17.5 Å². The minimum atomic E-state index is -3.82. The third kappa shape index (κ3) is 6.72. The highest BCUT2D eigenvalue weighted by Gasteiger charge is 2.15. The van der Waals surface area contributed by atoms with E-state index in [1.807, 2.05) is 0 Å². The molecule has 0 atom stereocenters. The molecule has 0 radical (unpaired) electrons. The topological polar surface area (TPSA) is 97.4 Å². The Balaban J connectivity index is 1.34. The van der Waals surface area contributed by atoms with E-state index in [0.717, 1.165) is 0 Å². The number of nitrogens with zero attached hydrogens (tertiary/aromatic N) is 1. The fourth-order valence-electron chi connectivity index (χ4n) is 3.23. The van der Waals surface area contributed by atoms with Gasteiger partial charge in [0.2, 0.25) is 10.0 Å². The van der Waals surface area contributed by atoms with Gasteiger partial charge in [0.1, 0.15) is 17.3 Å². The number of carbonyl (C=O) groups is 1. The maximum Gasteiger partial charge on any atom is 0.251 e. The van der Waals surface area contributed by atoms with Crippen molar-refractivity contribution in [2.75, 3.05) is 0 Å². The molecule has 4 aromatic rings. The highest BCUT2D eigenvalue weighted by molar-refractivity contribution is 7.89. The third-order valence-electron chi connectivity index (χ3n) is 5.00. The average molecular weight is 492 g/mol. The Morgan fingerprint density at radius 3 is 2.31 bits per heavy atom. The second-order valence-corrected chi connectivity index (χ2v) is 9.37. The fourth-order valence-corrected chi connectivity index (χ4v) is 4.32. The molecule has 0 aliphatic heterocycles. The van der Waals surface area contributed by atoms with Gasteiger partial charge < -0.3 is 10.1 Å². The molecule has 1 aromatic heterocycles. The van der Waals surface area contributed by atoms with Crippen molar-refractivity contribution < 1.29 is 22.3 Å². The van der Waals surface area contributed by atoms with Crippen molar-refractivity contribution in [1.82, 2.24) is 15.0 Å². The van der Waals surface area contributed by atoms with Crippen LogP contribution in [0.1, 0.15) is 21.5 Å². The van der Waals surface area contributed by atoms with Crippen molar-refractivity contribution >= 4 is 15.9 Å². The van der Waals surface area contributed by atoms with Crippen LogP contribution in [0.4, 0.5) is 4.39 Å². The minimum absolute atomic E-state index is 0.0401. The monoisotopic (exact) mass is 491 g/mol. The van der Waals surface area contributed by atoms with E-state index in [9.17, 15) is 17.6 Å². The molecule has 4 rings (SSSR count). The van der Waals surface area contributed by atoms with Crippen LogP contribution in [0.25, 0.3) is 0 Å². The molecule has 0 spiro atoms. The number of benzene rings is 3. The summed E-state index contributed by atoms with van der Waals surface area (Å²) in [4.78, 5) is 16.6. The van der Waals surface area contributed by atoms with E-state index in [1.165, 1.54) is 30.3 Å². The summed E-state index contributed by atoms with van der Waals surface area (Å²) in [7, 11) is -3.82. The van der Waals surface area contributed by atoms with Gasteiger partial charge in [-0.1, -0.05) is 24.3 Å². The number of nitrogens with one attached hydrogen (secondary N) is 2. The molecule has 178 valence electrons. The molecule has 0 aliphatic carbocycles. The van der Waals surface area contributed by atoms with Gasteiger partial charge in [0.25, 0.3) is 5.91 Å². The number of hydrogen-bond donors (Lipinski definition) is 2. The summed E-state index contributed by atoms with van der Waals surface area (Å²) in [6.45, 7) is 0.0988. The van der Waals surface area contributed by atoms with Crippen molar-refractivity contribution in [2.24, 2.45) is 0 Å². The van der Waals surface area contributed by atoms with Crippen molar-refractivity contribution in [2.45, 2.75) is 18.0 Å². The molecular weight excluding hydrogens is 469 g/mol. The number of ether oxygens (including phenoxy) is 1. The van der Waals surface area contributed by atoms with E-state index >= 15 is 0 Å². The Kier molecular flexibility index (Phi) is 7.49. The van der Waals surface area contributed by atoms with Gasteiger partial charge in [-0.15, -0.1) is 0 Å². The Morgan fingerprint density at radius 1 is 0.857 bits per heavy atom. The van der Waals surface area contributed by atoms with Crippen LogP contribution in [-0.4, -0.2) is 19.3 Å². The molecule has 0 saturated carbocycles. The second kappa shape index (κ2) is 10.9. The van der Waals surface area contributed by atoms with Crippen molar-refractivity contribution in [3.05, 3.63) is 120 Å². The highest BCUT2D eigenvalue weighted by Crippen LogP contribution is 2.20. The minimum Gasteiger partial charge on any atom is -0.456 e. The second-order valence-electron chi connectivity index (χ2n) is 7.60. The SMILES string of the molecule is O=C(NCc1cccc(S(=O)(=O)NCc2cccc(F)c2)c1)c1ccc(Oc2cccnc2)cc1. The van der Waals surface area contributed by atoms with Crippen LogP contribution >= 0.6 is 0 Å². The maximum absolute atomic E-state index is 13.3. The lowest BCUT2D eigenvalue weighted by Gasteiger charge is -2.10. The van der Waals surface area contributed by atoms with Crippen LogP contribution in [0.2, 0.25) is 0 Å². The number of pyridine rings is 1. The summed E-state index contributed by atoms with van der Waals surface area (Å²) in [5, 5.41) is 2.78. The quantitative estimate of drug-likeness (QED) is 0.361. The average Bonchev–Trinajstić information content (AvgIpc) is 2.87. The van der Waals surface area contributed by atoms with Crippen LogP contribution in [-0.2, 0) is 23.1 Å². The van der Waals surface area contributed by atoms with Gasteiger partial charge in [-0.3, -0.25) is 9.78 Å². The molecule has 1 heterocycles. The van der Waals surface area contributed by atoms with E-state index in [0.29, 0.717) is 28.2 Å². The number of rotatable bonds is 9. The summed E-state index contributed by atoms with van der Waals surface area (Å²) in [6, 6.07) is 22.1. The van der Waals surface area contributed by atoms with E-state index in [-0.39, 0.29) is 23.9 Å². The van der Waals surface area contributed by atoms with Gasteiger partial charge in [0.05, 0.1) is 11.1 Å². The zero-order chi connectivity index (χ0) is 24.7. The summed E-state index contributed by atoms with van der Waals surface area (Å²) in [5.74, 6) is 0.411. The smallest absolute Gasteiger partial charge is 0.251 e. The zero-order valence-corrected chi connectivity index (χ0v) is 19.3. The molecule has 0 bridgehead atoms. The number of carbonyl (C=O) groups excluding carboxylic acids is 1. The molecule has 0 aliphatic rings. The first-order chi connectivity index (χ1) is 16.9. The molecule has 3 aromatic carbocycles. The number of halogens is 1. The Labute approximate surface area is 202 Å². The Hall–Kier alpha value is -4.08. The van der Waals surface area contributed by atoms with Gasteiger partial charge >= 0.3 is 0 Å². The lowest BCUT2D eigenvalue weighted by molar-refractivity contribution is 0.0951. The predicted molar refractivity (Wildman–Crippen MR) is 129 cm³/mol. The summed E-state index contributed by atoms with van der Waals surface area (Å²) in [6.07, 6.45) is 3.24. The molecular formula is C26H22FN3O4S. The standard InChI is InChI=1S/C26H22FN3O4S/c27-22-6-1-4-19(14-22)17-30-35(32,33)25-8-2-5-20(15-25)16-29-26(31)21-9-11-23(12-10-21)34-24-7-3-13-28-18-24/h1-15,18,30H,16-17H2,(H,29,31). The summed E-state index contributed by atoms with van der Waals surface area (Å²) >= 11 is 0. The molecule has 0 fully saturated rings. The molecule has 35 heavy (non-hydrogen) atoms. The van der Waals surface area contributed by atoms with Crippen LogP contribution < -0.4 is 14.8 Å².